The average molecular weight is 577 g/mol. The van der Waals surface area contributed by atoms with Crippen molar-refractivity contribution in [2.75, 3.05) is 51.2 Å². The third kappa shape index (κ3) is 8.39. The van der Waals surface area contributed by atoms with Gasteiger partial charge in [-0.25, -0.2) is 4.79 Å². The monoisotopic (exact) mass is 576 g/mol. The van der Waals surface area contributed by atoms with Crippen molar-refractivity contribution in [3.63, 3.8) is 0 Å². The van der Waals surface area contributed by atoms with Crippen LogP contribution < -0.4 is 10.6 Å². The number of aliphatic hydroxyl groups is 1. The lowest BCUT2D eigenvalue weighted by atomic mass is 9.98. The Hall–Kier alpha value is -3.24. The van der Waals surface area contributed by atoms with Gasteiger partial charge in [-0.2, -0.15) is 0 Å². The van der Waals surface area contributed by atoms with Gasteiger partial charge in [-0.15, -0.1) is 11.3 Å². The van der Waals surface area contributed by atoms with Crippen molar-refractivity contribution in [3.8, 4) is 11.1 Å². The largest absolute Gasteiger partial charge is 0.446 e. The summed E-state index contributed by atoms with van der Waals surface area (Å²) in [6.45, 7) is 6.15. The summed E-state index contributed by atoms with van der Waals surface area (Å²) in [4.78, 5) is 32.0. The number of hydrogen-bond acceptors (Lipinski definition) is 7. The summed E-state index contributed by atoms with van der Waals surface area (Å²) in [7, 11) is 0. The van der Waals surface area contributed by atoms with Gasteiger partial charge in [0, 0.05) is 49.8 Å². The van der Waals surface area contributed by atoms with E-state index in [2.05, 4.69) is 26.5 Å². The molecule has 0 saturated carbocycles. The molecule has 1 aromatic heterocycles. The first-order valence-corrected chi connectivity index (χ1v) is 15.4. The minimum atomic E-state index is -0.427. The zero-order valence-electron chi connectivity index (χ0n) is 23.5. The second kappa shape index (κ2) is 14.6. The standard InChI is InChI=1S/C32H40N4O4S/c37-23-24-12-17-36(18-13-24)22-27-10-11-30(41-27)31(38)33-16-21-35-19-14-26(15-20-35)40-32(39)34-29-9-5-4-8-28(29)25-6-2-1-3-7-25/h1-11,24,26,37H,12-23H2,(H,33,38)(H,34,39). The molecule has 41 heavy (non-hydrogen) atoms. The van der Waals surface area contributed by atoms with E-state index in [1.54, 1.807) is 11.3 Å². The van der Waals surface area contributed by atoms with Crippen LogP contribution in [0.3, 0.4) is 0 Å². The van der Waals surface area contributed by atoms with Gasteiger partial charge in [0.15, 0.2) is 0 Å². The summed E-state index contributed by atoms with van der Waals surface area (Å²) in [5.41, 5.74) is 2.73. The van der Waals surface area contributed by atoms with E-state index in [0.29, 0.717) is 12.5 Å². The van der Waals surface area contributed by atoms with Crippen LogP contribution in [0.15, 0.2) is 66.7 Å². The second-order valence-electron chi connectivity index (χ2n) is 10.9. The maximum atomic E-state index is 12.7. The Bertz CT molecular complexity index is 1270. The molecule has 0 aliphatic carbocycles. The molecule has 0 unspecified atom stereocenters. The molecule has 8 nitrogen and oxygen atoms in total. The normalized spacial score (nSPS) is 17.3. The van der Waals surface area contributed by atoms with Gasteiger partial charge in [-0.05, 0) is 68.5 Å². The van der Waals surface area contributed by atoms with Crippen molar-refractivity contribution in [2.45, 2.75) is 38.3 Å². The van der Waals surface area contributed by atoms with Gasteiger partial charge in [-0.1, -0.05) is 48.5 Å². The van der Waals surface area contributed by atoms with Crippen molar-refractivity contribution in [1.29, 1.82) is 0 Å². The molecule has 3 N–H and O–H groups in total. The fraction of sp³-hybridized carbons (Fsp3) is 0.438. The molecule has 0 atom stereocenters. The minimum Gasteiger partial charge on any atom is -0.446 e. The molecule has 0 spiro atoms. The number of ether oxygens (including phenoxy) is 1. The predicted octanol–water partition coefficient (Wildman–Crippen LogP) is 5.06. The van der Waals surface area contributed by atoms with Gasteiger partial charge in [0.05, 0.1) is 10.6 Å². The molecule has 0 radical (unpaired) electrons. The van der Waals surface area contributed by atoms with E-state index in [4.69, 9.17) is 4.74 Å². The Labute approximate surface area is 246 Å². The van der Waals surface area contributed by atoms with E-state index in [-0.39, 0.29) is 18.6 Å². The van der Waals surface area contributed by atoms with E-state index >= 15 is 0 Å². The number of thiophene rings is 1. The topological polar surface area (TPSA) is 94.1 Å². The second-order valence-corrected chi connectivity index (χ2v) is 12.1. The highest BCUT2D eigenvalue weighted by atomic mass is 32.1. The van der Waals surface area contributed by atoms with Gasteiger partial charge in [0.25, 0.3) is 5.91 Å². The summed E-state index contributed by atoms with van der Waals surface area (Å²) in [6.07, 6.45) is 3.06. The molecule has 2 aliphatic rings. The number of likely N-dealkylation sites (tertiary alicyclic amines) is 2. The van der Waals surface area contributed by atoms with Crippen molar-refractivity contribution in [3.05, 3.63) is 76.5 Å². The summed E-state index contributed by atoms with van der Waals surface area (Å²) >= 11 is 1.56. The number of hydrogen-bond donors (Lipinski definition) is 3. The number of carbonyl (C=O) groups is 2. The Morgan fingerprint density at radius 2 is 1.59 bits per heavy atom. The van der Waals surface area contributed by atoms with E-state index in [1.165, 1.54) is 4.88 Å². The average Bonchev–Trinajstić information content (AvgIpc) is 3.48. The first-order chi connectivity index (χ1) is 20.1. The zero-order valence-corrected chi connectivity index (χ0v) is 24.3. The van der Waals surface area contributed by atoms with Crippen LogP contribution in [0.2, 0.25) is 0 Å². The molecule has 3 heterocycles. The Morgan fingerprint density at radius 3 is 2.34 bits per heavy atom. The number of amides is 2. The highest BCUT2D eigenvalue weighted by molar-refractivity contribution is 7.14. The van der Waals surface area contributed by atoms with Crippen LogP contribution in [0, 0.1) is 5.92 Å². The van der Waals surface area contributed by atoms with Crippen LogP contribution in [0.4, 0.5) is 10.5 Å². The number of benzene rings is 2. The zero-order chi connectivity index (χ0) is 28.4. The molecule has 3 aromatic rings. The molecule has 2 aliphatic heterocycles. The summed E-state index contributed by atoms with van der Waals surface area (Å²) in [6, 6.07) is 21.7. The van der Waals surface area contributed by atoms with Crippen molar-refractivity contribution >= 4 is 29.0 Å². The lowest BCUT2D eigenvalue weighted by Crippen LogP contribution is -2.42. The van der Waals surface area contributed by atoms with Crippen LogP contribution in [0.25, 0.3) is 11.1 Å². The van der Waals surface area contributed by atoms with E-state index in [0.717, 1.165) is 86.6 Å². The van der Waals surface area contributed by atoms with Gasteiger partial charge in [0.1, 0.15) is 6.10 Å². The highest BCUT2D eigenvalue weighted by Crippen LogP contribution is 2.28. The van der Waals surface area contributed by atoms with Crippen LogP contribution in [-0.4, -0.2) is 78.9 Å². The molecule has 218 valence electrons. The quantitative estimate of drug-likeness (QED) is 0.312. The molecule has 5 rings (SSSR count). The maximum absolute atomic E-state index is 12.7. The molecular formula is C32H40N4O4S. The SMILES string of the molecule is O=C(Nc1ccccc1-c1ccccc1)OC1CCN(CCNC(=O)c2ccc(CN3CCC(CO)CC3)s2)CC1. The van der Waals surface area contributed by atoms with E-state index < -0.39 is 6.09 Å². The molecule has 2 fully saturated rings. The summed E-state index contributed by atoms with van der Waals surface area (Å²) in [5, 5.41) is 15.3. The molecular weight excluding hydrogens is 536 g/mol. The van der Waals surface area contributed by atoms with Crippen molar-refractivity contribution in [2.24, 2.45) is 5.92 Å². The van der Waals surface area contributed by atoms with Crippen molar-refractivity contribution in [1.82, 2.24) is 15.1 Å². The Morgan fingerprint density at radius 1 is 0.878 bits per heavy atom. The number of para-hydroxylation sites is 1. The molecule has 2 amide bonds. The van der Waals surface area contributed by atoms with E-state index in [9.17, 15) is 14.7 Å². The number of nitrogens with one attached hydrogen (secondary N) is 2. The van der Waals surface area contributed by atoms with Crippen molar-refractivity contribution < 1.29 is 19.4 Å². The number of anilines is 1. The third-order valence-electron chi connectivity index (χ3n) is 8.00. The fourth-order valence-electron chi connectivity index (χ4n) is 5.55. The fourth-order valence-corrected chi connectivity index (χ4v) is 6.52. The number of aliphatic hydroxyl groups excluding tert-OH is 1. The first kappa shape index (κ1) is 29.3. The Kier molecular flexibility index (Phi) is 10.4. The lowest BCUT2D eigenvalue weighted by molar-refractivity contribution is 0.0587. The number of piperidine rings is 2. The smallest absolute Gasteiger partial charge is 0.411 e. The van der Waals surface area contributed by atoms with E-state index in [1.807, 2.05) is 60.7 Å². The highest BCUT2D eigenvalue weighted by Gasteiger charge is 2.23. The number of rotatable bonds is 10. The van der Waals surface area contributed by atoms with Gasteiger partial charge in [0.2, 0.25) is 0 Å². The van der Waals surface area contributed by atoms with Gasteiger partial charge < -0.3 is 20.1 Å². The lowest BCUT2D eigenvalue weighted by Gasteiger charge is -2.31. The first-order valence-electron chi connectivity index (χ1n) is 14.6. The third-order valence-corrected chi connectivity index (χ3v) is 9.07. The Balaban J connectivity index is 0.991. The maximum Gasteiger partial charge on any atom is 0.411 e. The molecule has 2 aromatic carbocycles. The van der Waals surface area contributed by atoms with Gasteiger partial charge >= 0.3 is 6.09 Å². The van der Waals surface area contributed by atoms with Crippen LogP contribution >= 0.6 is 11.3 Å². The number of nitrogens with zero attached hydrogens (tertiary/aromatic N) is 2. The van der Waals surface area contributed by atoms with Crippen LogP contribution in [0.1, 0.15) is 40.2 Å². The molecule has 0 bridgehead atoms. The van der Waals surface area contributed by atoms with Crippen LogP contribution in [0.5, 0.6) is 0 Å². The predicted molar refractivity (Wildman–Crippen MR) is 163 cm³/mol. The summed E-state index contributed by atoms with van der Waals surface area (Å²) < 4.78 is 5.74. The van der Waals surface area contributed by atoms with Crippen LogP contribution in [-0.2, 0) is 11.3 Å². The summed E-state index contributed by atoms with van der Waals surface area (Å²) in [5.74, 6) is 0.410. The molecule has 2 saturated heterocycles. The van der Waals surface area contributed by atoms with Gasteiger partial charge in [-0.3, -0.25) is 15.0 Å². The number of carbonyl (C=O) groups excluding carboxylic acids is 2. The minimum absolute atomic E-state index is 0.0223. The molecule has 9 heteroatoms.